The Kier molecular flexibility index (Phi) is 5.32. The summed E-state index contributed by atoms with van der Waals surface area (Å²) >= 11 is 0. The Morgan fingerprint density at radius 1 is 0.484 bits per heavy atom. The fourth-order valence-corrected chi connectivity index (χ4v) is 5.31. The fourth-order valence-electron chi connectivity index (χ4n) is 5.31. The van der Waals surface area contributed by atoms with Crippen molar-refractivity contribution in [2.24, 2.45) is 0 Å². The van der Waals surface area contributed by atoms with Gasteiger partial charge in [-0.2, -0.15) is 0 Å². The minimum Gasteiger partial charge on any atom is -0.508 e. The first-order chi connectivity index (χ1) is 14.9. The van der Waals surface area contributed by atoms with E-state index in [0.717, 1.165) is 44.5 Å². The minimum absolute atomic E-state index is 0.271. The van der Waals surface area contributed by atoms with E-state index in [-0.39, 0.29) is 11.5 Å². The van der Waals surface area contributed by atoms with Crippen LogP contribution in [0.25, 0.3) is 0 Å². The quantitative estimate of drug-likeness (QED) is 0.368. The summed E-state index contributed by atoms with van der Waals surface area (Å²) < 4.78 is 0. The predicted molar refractivity (Wildman–Crippen MR) is 127 cm³/mol. The standard InChI is InChI=1S/C29H28O2/c1-19-15-25(30)16-20(2)27(19)29(23-11-7-5-8-12-23,24-13-9-6-10-14-24)28-21(3)17-26(31)18-22(28)4/h5-18,30-31H,1-4H3. The van der Waals surface area contributed by atoms with E-state index in [1.807, 2.05) is 36.4 Å². The van der Waals surface area contributed by atoms with E-state index >= 15 is 0 Å². The van der Waals surface area contributed by atoms with Gasteiger partial charge in [-0.15, -0.1) is 0 Å². The van der Waals surface area contributed by atoms with Crippen LogP contribution in [0.4, 0.5) is 0 Å². The third-order valence-corrected chi connectivity index (χ3v) is 6.20. The van der Waals surface area contributed by atoms with Crippen molar-refractivity contribution >= 4 is 0 Å². The van der Waals surface area contributed by atoms with E-state index < -0.39 is 5.41 Å². The molecule has 0 aromatic heterocycles. The van der Waals surface area contributed by atoms with Gasteiger partial charge in [-0.05, 0) is 96.5 Å². The first kappa shape index (κ1) is 20.7. The van der Waals surface area contributed by atoms with Gasteiger partial charge in [-0.1, -0.05) is 60.7 Å². The highest BCUT2D eigenvalue weighted by atomic mass is 16.3. The summed E-state index contributed by atoms with van der Waals surface area (Å²) in [6.07, 6.45) is 0. The molecule has 0 spiro atoms. The minimum atomic E-state index is -0.605. The normalized spacial score (nSPS) is 11.5. The monoisotopic (exact) mass is 408 g/mol. The van der Waals surface area contributed by atoms with Crippen LogP contribution in [-0.2, 0) is 5.41 Å². The van der Waals surface area contributed by atoms with Crippen LogP contribution in [0.2, 0.25) is 0 Å². The zero-order valence-corrected chi connectivity index (χ0v) is 18.5. The smallest absolute Gasteiger partial charge is 0.116 e. The van der Waals surface area contributed by atoms with Crippen molar-refractivity contribution in [3.05, 3.63) is 129 Å². The molecule has 0 atom stereocenters. The van der Waals surface area contributed by atoms with Gasteiger partial charge in [0.2, 0.25) is 0 Å². The number of phenolic OH excluding ortho intramolecular Hbond substituents is 2. The van der Waals surface area contributed by atoms with Gasteiger partial charge in [0.25, 0.3) is 0 Å². The van der Waals surface area contributed by atoms with E-state index in [1.54, 1.807) is 0 Å². The third-order valence-electron chi connectivity index (χ3n) is 6.20. The number of hydrogen-bond acceptors (Lipinski definition) is 2. The molecule has 2 heteroatoms. The van der Waals surface area contributed by atoms with E-state index in [4.69, 9.17) is 0 Å². The lowest BCUT2D eigenvalue weighted by Crippen LogP contribution is -2.34. The Bertz CT molecular complexity index is 1080. The first-order valence-corrected chi connectivity index (χ1v) is 10.6. The van der Waals surface area contributed by atoms with Gasteiger partial charge in [0.1, 0.15) is 11.5 Å². The number of aromatic hydroxyl groups is 2. The summed E-state index contributed by atoms with van der Waals surface area (Å²) in [5.74, 6) is 0.542. The molecule has 156 valence electrons. The summed E-state index contributed by atoms with van der Waals surface area (Å²) in [5, 5.41) is 20.6. The van der Waals surface area contributed by atoms with E-state index in [2.05, 4.69) is 76.2 Å². The topological polar surface area (TPSA) is 40.5 Å². The molecule has 31 heavy (non-hydrogen) atoms. The van der Waals surface area contributed by atoms with Crippen molar-refractivity contribution in [2.75, 3.05) is 0 Å². The number of hydrogen-bond donors (Lipinski definition) is 2. The maximum Gasteiger partial charge on any atom is 0.116 e. The molecule has 0 radical (unpaired) electrons. The lowest BCUT2D eigenvalue weighted by atomic mass is 9.61. The average Bonchev–Trinajstić information content (AvgIpc) is 2.72. The number of phenols is 2. The molecule has 0 aliphatic carbocycles. The molecule has 0 bridgehead atoms. The molecule has 4 aromatic rings. The van der Waals surface area contributed by atoms with E-state index in [0.29, 0.717) is 0 Å². The Balaban J connectivity index is 2.29. The molecular weight excluding hydrogens is 380 g/mol. The van der Waals surface area contributed by atoms with Crippen LogP contribution in [-0.4, -0.2) is 10.2 Å². The molecular formula is C29H28O2. The largest absolute Gasteiger partial charge is 0.508 e. The molecule has 0 saturated heterocycles. The first-order valence-electron chi connectivity index (χ1n) is 10.6. The van der Waals surface area contributed by atoms with Gasteiger partial charge < -0.3 is 10.2 Å². The summed E-state index contributed by atoms with van der Waals surface area (Å²) in [6.45, 7) is 8.25. The lowest BCUT2D eigenvalue weighted by Gasteiger charge is -2.41. The number of aryl methyl sites for hydroxylation is 4. The second-order valence-electron chi connectivity index (χ2n) is 8.39. The van der Waals surface area contributed by atoms with Crippen LogP contribution in [0.3, 0.4) is 0 Å². The Morgan fingerprint density at radius 2 is 0.774 bits per heavy atom. The summed E-state index contributed by atoms with van der Waals surface area (Å²) in [5.41, 5.74) is 8.10. The summed E-state index contributed by atoms with van der Waals surface area (Å²) in [6, 6.07) is 28.4. The highest BCUT2D eigenvalue weighted by molar-refractivity contribution is 5.67. The van der Waals surface area contributed by atoms with E-state index in [9.17, 15) is 10.2 Å². The van der Waals surface area contributed by atoms with Crippen LogP contribution in [0.1, 0.15) is 44.5 Å². The third kappa shape index (κ3) is 3.38. The van der Waals surface area contributed by atoms with Crippen LogP contribution in [0.15, 0.2) is 84.9 Å². The second-order valence-corrected chi connectivity index (χ2v) is 8.39. The van der Waals surface area contributed by atoms with E-state index in [1.165, 1.54) is 0 Å². The molecule has 0 fully saturated rings. The highest BCUT2D eigenvalue weighted by Gasteiger charge is 2.42. The van der Waals surface area contributed by atoms with Gasteiger partial charge in [0, 0.05) is 0 Å². The molecule has 2 nitrogen and oxygen atoms in total. The van der Waals surface area contributed by atoms with Gasteiger partial charge in [-0.3, -0.25) is 0 Å². The Morgan fingerprint density at radius 3 is 1.06 bits per heavy atom. The van der Waals surface area contributed by atoms with Crippen molar-refractivity contribution in [3.63, 3.8) is 0 Å². The molecule has 0 aliphatic heterocycles. The maximum absolute atomic E-state index is 10.3. The SMILES string of the molecule is Cc1cc(O)cc(C)c1C(c1ccccc1)(c1ccccc1)c1c(C)cc(O)cc1C. The Hall–Kier alpha value is -3.52. The number of rotatable bonds is 4. The Labute approximate surface area is 184 Å². The van der Waals surface area contributed by atoms with Crippen molar-refractivity contribution in [3.8, 4) is 11.5 Å². The van der Waals surface area contributed by atoms with Crippen LogP contribution in [0.5, 0.6) is 11.5 Å². The van der Waals surface area contributed by atoms with Crippen molar-refractivity contribution < 1.29 is 10.2 Å². The maximum atomic E-state index is 10.3. The highest BCUT2D eigenvalue weighted by Crippen LogP contribution is 2.50. The zero-order chi connectivity index (χ0) is 22.2. The molecule has 0 saturated carbocycles. The molecule has 4 rings (SSSR count). The van der Waals surface area contributed by atoms with Crippen molar-refractivity contribution in [1.29, 1.82) is 0 Å². The predicted octanol–water partition coefficient (Wildman–Crippen LogP) is 6.71. The lowest BCUT2D eigenvalue weighted by molar-refractivity contribution is 0.473. The van der Waals surface area contributed by atoms with Crippen molar-refractivity contribution in [2.45, 2.75) is 33.1 Å². The van der Waals surface area contributed by atoms with Crippen LogP contribution < -0.4 is 0 Å². The summed E-state index contributed by atoms with van der Waals surface area (Å²) in [7, 11) is 0. The number of benzene rings is 4. The molecule has 0 unspecified atom stereocenters. The molecule has 4 aromatic carbocycles. The summed E-state index contributed by atoms with van der Waals surface area (Å²) in [4.78, 5) is 0. The average molecular weight is 409 g/mol. The molecule has 2 N–H and O–H groups in total. The molecule has 0 amide bonds. The van der Waals surface area contributed by atoms with Gasteiger partial charge >= 0.3 is 0 Å². The van der Waals surface area contributed by atoms with Crippen LogP contribution in [0, 0.1) is 27.7 Å². The van der Waals surface area contributed by atoms with Gasteiger partial charge in [0.15, 0.2) is 0 Å². The van der Waals surface area contributed by atoms with Gasteiger partial charge in [-0.25, -0.2) is 0 Å². The van der Waals surface area contributed by atoms with Gasteiger partial charge in [0.05, 0.1) is 5.41 Å². The van der Waals surface area contributed by atoms with Crippen molar-refractivity contribution in [1.82, 2.24) is 0 Å². The second kappa shape index (κ2) is 7.96. The fraction of sp³-hybridized carbons (Fsp3) is 0.172. The zero-order valence-electron chi connectivity index (χ0n) is 18.5. The van der Waals surface area contributed by atoms with Crippen LogP contribution >= 0.6 is 0 Å². The molecule has 0 aliphatic rings. The molecule has 0 heterocycles.